The molecular weight excluding hydrogens is 629 g/mol. The van der Waals surface area contributed by atoms with Gasteiger partial charge < -0.3 is 9.47 Å². The van der Waals surface area contributed by atoms with Gasteiger partial charge in [0.25, 0.3) is 0 Å². The molecule has 0 saturated carbocycles. The molecule has 2 heteroatoms. The first kappa shape index (κ1) is 30.0. The Balaban J connectivity index is 1.03. The minimum Gasteiger partial charge on any atom is -0.310 e. The smallest absolute Gasteiger partial charge is 0.0547 e. The Morgan fingerprint density at radius 3 is 1.48 bits per heavy atom. The largest absolute Gasteiger partial charge is 0.310 e. The first-order valence-corrected chi connectivity index (χ1v) is 17.9. The zero-order valence-corrected chi connectivity index (χ0v) is 28.5. The van der Waals surface area contributed by atoms with Crippen LogP contribution in [0.25, 0.3) is 71.3 Å². The molecule has 10 aromatic rings. The quantitative estimate of drug-likeness (QED) is 0.172. The van der Waals surface area contributed by atoms with Crippen LogP contribution in [0.4, 0.5) is 17.1 Å². The van der Waals surface area contributed by atoms with Crippen molar-refractivity contribution in [2.24, 2.45) is 0 Å². The lowest BCUT2D eigenvalue weighted by atomic mass is 10.0. The van der Waals surface area contributed by atoms with Crippen LogP contribution in [0.2, 0.25) is 0 Å². The Morgan fingerprint density at radius 2 is 0.808 bits per heavy atom. The molecule has 1 aromatic heterocycles. The standard InChI is InChI=1S/C50H34N2/c1-2-11-35(12-3-1)36-21-28-41(29-22-36)51(47-20-10-15-39-13-4-6-16-44(39)47)42-30-23-37(24-31-42)38-25-32-43(33-26-38)52-48-19-9-8-18-46(48)50-45-17-7-5-14-40(45)27-34-49(50)52/h1-34H. The van der Waals surface area contributed by atoms with Gasteiger partial charge in [0.2, 0.25) is 0 Å². The van der Waals surface area contributed by atoms with Crippen molar-refractivity contribution in [1.82, 2.24) is 4.57 Å². The molecule has 0 spiro atoms. The number of rotatable bonds is 6. The molecule has 0 N–H and O–H groups in total. The van der Waals surface area contributed by atoms with E-state index in [0.717, 1.165) is 22.7 Å². The van der Waals surface area contributed by atoms with Crippen molar-refractivity contribution in [1.29, 1.82) is 0 Å². The Hall–Kier alpha value is -6.90. The number of para-hydroxylation sites is 1. The van der Waals surface area contributed by atoms with Gasteiger partial charge in [0.05, 0.1) is 16.7 Å². The Morgan fingerprint density at radius 1 is 0.308 bits per heavy atom. The van der Waals surface area contributed by atoms with Crippen LogP contribution in [-0.4, -0.2) is 4.57 Å². The molecule has 0 aliphatic carbocycles. The minimum atomic E-state index is 1.11. The van der Waals surface area contributed by atoms with Crippen molar-refractivity contribution >= 4 is 60.4 Å². The van der Waals surface area contributed by atoms with Crippen molar-refractivity contribution in [2.75, 3.05) is 4.90 Å². The second-order valence-corrected chi connectivity index (χ2v) is 13.4. The zero-order valence-electron chi connectivity index (χ0n) is 28.5. The summed E-state index contributed by atoms with van der Waals surface area (Å²) in [6.45, 7) is 0. The summed E-state index contributed by atoms with van der Waals surface area (Å²) in [6, 6.07) is 74.6. The van der Waals surface area contributed by atoms with Gasteiger partial charge in [-0.25, -0.2) is 0 Å². The summed E-state index contributed by atoms with van der Waals surface area (Å²) < 4.78 is 2.40. The van der Waals surface area contributed by atoms with Crippen molar-refractivity contribution in [2.45, 2.75) is 0 Å². The third kappa shape index (κ3) is 5.04. The van der Waals surface area contributed by atoms with Crippen LogP contribution < -0.4 is 4.90 Å². The minimum absolute atomic E-state index is 1.11. The van der Waals surface area contributed by atoms with E-state index >= 15 is 0 Å². The van der Waals surface area contributed by atoms with E-state index in [0.29, 0.717) is 0 Å². The highest BCUT2D eigenvalue weighted by atomic mass is 15.1. The van der Waals surface area contributed by atoms with E-state index in [2.05, 4.69) is 216 Å². The molecule has 2 nitrogen and oxygen atoms in total. The van der Waals surface area contributed by atoms with Gasteiger partial charge in [-0.1, -0.05) is 152 Å². The summed E-state index contributed by atoms with van der Waals surface area (Å²) in [5.41, 5.74) is 11.8. The van der Waals surface area contributed by atoms with Crippen LogP contribution in [0.5, 0.6) is 0 Å². The van der Waals surface area contributed by atoms with Crippen molar-refractivity contribution in [3.63, 3.8) is 0 Å². The second kappa shape index (κ2) is 12.5. The molecule has 52 heavy (non-hydrogen) atoms. The molecule has 0 aliphatic rings. The van der Waals surface area contributed by atoms with E-state index in [1.165, 1.54) is 65.6 Å². The maximum atomic E-state index is 2.40. The van der Waals surface area contributed by atoms with Gasteiger partial charge in [-0.05, 0) is 93.0 Å². The van der Waals surface area contributed by atoms with Crippen molar-refractivity contribution in [3.05, 3.63) is 206 Å². The number of fused-ring (bicyclic) bond motifs is 6. The lowest BCUT2D eigenvalue weighted by Gasteiger charge is -2.27. The lowest BCUT2D eigenvalue weighted by Crippen LogP contribution is -2.10. The predicted molar refractivity (Wildman–Crippen MR) is 221 cm³/mol. The summed E-state index contributed by atoms with van der Waals surface area (Å²) in [5.74, 6) is 0. The zero-order chi connectivity index (χ0) is 34.4. The molecule has 0 fully saturated rings. The maximum Gasteiger partial charge on any atom is 0.0547 e. The van der Waals surface area contributed by atoms with Gasteiger partial charge in [0.1, 0.15) is 0 Å². The van der Waals surface area contributed by atoms with Crippen LogP contribution in [0, 0.1) is 0 Å². The fourth-order valence-electron chi connectivity index (χ4n) is 7.89. The highest BCUT2D eigenvalue weighted by Gasteiger charge is 2.17. The van der Waals surface area contributed by atoms with Gasteiger partial charge in [-0.2, -0.15) is 0 Å². The van der Waals surface area contributed by atoms with Crippen LogP contribution in [0.15, 0.2) is 206 Å². The van der Waals surface area contributed by atoms with E-state index in [1.807, 2.05) is 0 Å². The van der Waals surface area contributed by atoms with Gasteiger partial charge >= 0.3 is 0 Å². The Labute approximate surface area is 303 Å². The van der Waals surface area contributed by atoms with Crippen molar-refractivity contribution < 1.29 is 0 Å². The number of hydrogen-bond donors (Lipinski definition) is 0. The Bertz CT molecular complexity index is 2860. The lowest BCUT2D eigenvalue weighted by molar-refractivity contribution is 1.18. The van der Waals surface area contributed by atoms with Gasteiger partial charge in [-0.15, -0.1) is 0 Å². The molecule has 0 atom stereocenters. The van der Waals surface area contributed by atoms with Crippen LogP contribution >= 0.6 is 0 Å². The molecule has 0 radical (unpaired) electrons. The fourth-order valence-corrected chi connectivity index (χ4v) is 7.89. The van der Waals surface area contributed by atoms with Gasteiger partial charge in [0, 0.05) is 33.2 Å². The molecule has 244 valence electrons. The second-order valence-electron chi connectivity index (χ2n) is 13.4. The molecule has 0 unspecified atom stereocenters. The number of anilines is 3. The van der Waals surface area contributed by atoms with Crippen LogP contribution in [-0.2, 0) is 0 Å². The molecule has 0 aliphatic heterocycles. The number of aromatic nitrogens is 1. The van der Waals surface area contributed by atoms with Gasteiger partial charge in [-0.3, -0.25) is 0 Å². The summed E-state index contributed by atoms with van der Waals surface area (Å²) >= 11 is 0. The fraction of sp³-hybridized carbons (Fsp3) is 0. The first-order valence-electron chi connectivity index (χ1n) is 17.9. The molecule has 1 heterocycles. The first-order chi connectivity index (χ1) is 25.8. The highest BCUT2D eigenvalue weighted by molar-refractivity contribution is 6.21. The average molecular weight is 663 g/mol. The summed E-state index contributed by atoms with van der Waals surface area (Å²) in [5, 5.41) is 7.57. The third-order valence-corrected chi connectivity index (χ3v) is 10.4. The molecule has 10 rings (SSSR count). The van der Waals surface area contributed by atoms with E-state index in [1.54, 1.807) is 0 Å². The van der Waals surface area contributed by atoms with Crippen LogP contribution in [0.1, 0.15) is 0 Å². The van der Waals surface area contributed by atoms with E-state index in [4.69, 9.17) is 0 Å². The third-order valence-electron chi connectivity index (χ3n) is 10.4. The van der Waals surface area contributed by atoms with Crippen molar-refractivity contribution in [3.8, 4) is 27.9 Å². The molecule has 0 amide bonds. The molecule has 9 aromatic carbocycles. The van der Waals surface area contributed by atoms with E-state index < -0.39 is 0 Å². The summed E-state index contributed by atoms with van der Waals surface area (Å²) in [4.78, 5) is 2.37. The number of nitrogens with zero attached hydrogens (tertiary/aromatic N) is 2. The Kier molecular flexibility index (Phi) is 7.18. The normalized spacial score (nSPS) is 11.5. The van der Waals surface area contributed by atoms with E-state index in [9.17, 15) is 0 Å². The highest BCUT2D eigenvalue weighted by Crippen LogP contribution is 2.41. The molecular formula is C50H34N2. The maximum absolute atomic E-state index is 2.40. The average Bonchev–Trinajstić information content (AvgIpc) is 3.57. The summed E-state index contributed by atoms with van der Waals surface area (Å²) in [6.07, 6.45) is 0. The summed E-state index contributed by atoms with van der Waals surface area (Å²) in [7, 11) is 0. The van der Waals surface area contributed by atoms with Gasteiger partial charge in [0.15, 0.2) is 0 Å². The number of benzene rings is 9. The topological polar surface area (TPSA) is 8.17 Å². The monoisotopic (exact) mass is 662 g/mol. The SMILES string of the molecule is c1ccc(-c2ccc(N(c3ccc(-c4ccc(-n5c6ccccc6c6c7ccccc7ccc65)cc4)cc3)c3cccc4ccccc34)cc2)cc1. The van der Waals surface area contributed by atoms with E-state index in [-0.39, 0.29) is 0 Å². The predicted octanol–water partition coefficient (Wildman–Crippen LogP) is 13.9. The molecule has 0 bridgehead atoms. The number of hydrogen-bond acceptors (Lipinski definition) is 1. The molecule has 0 saturated heterocycles. The van der Waals surface area contributed by atoms with Crippen LogP contribution in [0.3, 0.4) is 0 Å².